The fraction of sp³-hybridized carbons (Fsp3) is 0.554. The molecule has 1 unspecified atom stereocenters. The molecule has 0 saturated carbocycles. The van der Waals surface area contributed by atoms with E-state index in [0.717, 1.165) is 103 Å². The molecule has 0 aliphatic carbocycles. The van der Waals surface area contributed by atoms with Crippen LogP contribution in [0.15, 0.2) is 134 Å². The molecule has 0 saturated heterocycles. The fourth-order valence-electron chi connectivity index (χ4n) is 5.99. The van der Waals surface area contributed by atoms with Crippen LogP contribution in [0.2, 0.25) is 0 Å². The zero-order chi connectivity index (χ0) is 45.1. The molecule has 0 aromatic rings. The predicted octanol–water partition coefficient (Wildman–Crippen LogP) is 15.9. The third-order valence-corrected chi connectivity index (χ3v) is 9.62. The Morgan fingerprint density at radius 1 is 0.339 bits per heavy atom. The Hall–Kier alpha value is -4.45. The summed E-state index contributed by atoms with van der Waals surface area (Å²) in [5, 5.41) is 0. The predicted molar refractivity (Wildman–Crippen MR) is 265 cm³/mol. The van der Waals surface area contributed by atoms with Crippen molar-refractivity contribution < 1.29 is 28.6 Å². The molecule has 0 fully saturated rings. The van der Waals surface area contributed by atoms with Gasteiger partial charge >= 0.3 is 17.9 Å². The van der Waals surface area contributed by atoms with Crippen LogP contribution in [0.3, 0.4) is 0 Å². The number of ether oxygens (including phenoxy) is 3. The van der Waals surface area contributed by atoms with Gasteiger partial charge in [-0.15, -0.1) is 0 Å². The van der Waals surface area contributed by atoms with Crippen LogP contribution < -0.4 is 0 Å². The molecular weight excluding hydrogens is 769 g/mol. The molecule has 0 amide bonds. The quantitative estimate of drug-likeness (QED) is 0.0264. The summed E-state index contributed by atoms with van der Waals surface area (Å²) in [5.41, 5.74) is 0. The molecule has 1 atom stereocenters. The summed E-state index contributed by atoms with van der Waals surface area (Å²) in [6.45, 7) is 6.22. The van der Waals surface area contributed by atoms with Crippen LogP contribution in [0.4, 0.5) is 0 Å². The van der Waals surface area contributed by atoms with Crippen molar-refractivity contribution in [2.45, 2.75) is 187 Å². The lowest BCUT2D eigenvalue weighted by Gasteiger charge is -2.18. The van der Waals surface area contributed by atoms with Crippen molar-refractivity contribution in [3.63, 3.8) is 0 Å². The van der Waals surface area contributed by atoms with E-state index >= 15 is 0 Å². The van der Waals surface area contributed by atoms with E-state index in [4.69, 9.17) is 14.2 Å². The van der Waals surface area contributed by atoms with Crippen LogP contribution in [-0.2, 0) is 28.6 Å². The molecule has 0 heterocycles. The molecule has 0 rings (SSSR count). The molecule has 0 aliphatic heterocycles. The SMILES string of the molecule is CC\C=C/C=C\C=C/C=C\CCCCCC(=O)OCC(COC(=O)CCCCCCC\C=C/C=C\C=C/CCCCCCC)OC(=O)CCCCC\C=C/C=C\C=C/C=C\CC. The van der Waals surface area contributed by atoms with Gasteiger partial charge in [-0.3, -0.25) is 14.4 Å². The molecule has 0 radical (unpaired) electrons. The van der Waals surface area contributed by atoms with Crippen LogP contribution in [0.1, 0.15) is 181 Å². The number of carbonyl (C=O) groups is 3. The van der Waals surface area contributed by atoms with Gasteiger partial charge in [-0.25, -0.2) is 0 Å². The second-order valence-electron chi connectivity index (χ2n) is 15.5. The van der Waals surface area contributed by atoms with Crippen molar-refractivity contribution in [3.05, 3.63) is 134 Å². The number of unbranched alkanes of at least 4 members (excludes halogenated alkanes) is 16. The smallest absolute Gasteiger partial charge is 0.306 e. The molecule has 6 nitrogen and oxygen atoms in total. The first kappa shape index (κ1) is 57.5. The van der Waals surface area contributed by atoms with Crippen molar-refractivity contribution in [1.82, 2.24) is 0 Å². The Balaban J connectivity index is 4.56. The summed E-state index contributed by atoms with van der Waals surface area (Å²) in [4.78, 5) is 37.9. The lowest BCUT2D eigenvalue weighted by Crippen LogP contribution is -2.30. The van der Waals surface area contributed by atoms with Crippen LogP contribution in [-0.4, -0.2) is 37.2 Å². The van der Waals surface area contributed by atoms with Gasteiger partial charge in [0.25, 0.3) is 0 Å². The largest absolute Gasteiger partial charge is 0.462 e. The number of esters is 3. The molecule has 0 bridgehead atoms. The van der Waals surface area contributed by atoms with Crippen molar-refractivity contribution in [2.75, 3.05) is 13.2 Å². The molecular formula is C56H86O6. The number of hydrogen-bond donors (Lipinski definition) is 0. The van der Waals surface area contributed by atoms with Crippen molar-refractivity contribution in [3.8, 4) is 0 Å². The van der Waals surface area contributed by atoms with Gasteiger partial charge < -0.3 is 14.2 Å². The lowest BCUT2D eigenvalue weighted by atomic mass is 10.1. The Kier molecular flexibility index (Phi) is 45.7. The Morgan fingerprint density at radius 3 is 1.00 bits per heavy atom. The first-order chi connectivity index (χ1) is 30.5. The van der Waals surface area contributed by atoms with Gasteiger partial charge in [0.05, 0.1) is 0 Å². The normalized spacial score (nSPS) is 13.3. The number of rotatable bonds is 41. The molecule has 0 aromatic carbocycles. The van der Waals surface area contributed by atoms with Gasteiger partial charge in [0.2, 0.25) is 0 Å². The molecule has 62 heavy (non-hydrogen) atoms. The van der Waals surface area contributed by atoms with E-state index in [1.807, 2.05) is 72.9 Å². The highest BCUT2D eigenvalue weighted by molar-refractivity contribution is 5.71. The van der Waals surface area contributed by atoms with Crippen LogP contribution in [0, 0.1) is 0 Å². The summed E-state index contributed by atoms with van der Waals surface area (Å²) in [5.74, 6) is -1.03. The highest BCUT2D eigenvalue weighted by Gasteiger charge is 2.19. The van der Waals surface area contributed by atoms with Crippen LogP contribution in [0.5, 0.6) is 0 Å². The molecule has 0 aromatic heterocycles. The van der Waals surface area contributed by atoms with E-state index in [1.54, 1.807) is 0 Å². The minimum absolute atomic E-state index is 0.123. The van der Waals surface area contributed by atoms with E-state index in [0.29, 0.717) is 19.3 Å². The zero-order valence-electron chi connectivity index (χ0n) is 39.3. The standard InChI is InChI=1S/C56H86O6/c1-4-7-10-13-16-19-22-25-26-27-28-29-32-34-37-40-43-46-49-55(58)61-52-53(62-56(59)50-47-44-41-38-35-31-24-21-18-15-12-9-6-3)51-60-54(57)48-45-42-39-36-33-30-23-20-17-14-11-8-5-2/h8-9,11-12,14-15,17-18,20-31,33,35,53H,4-7,10,13,16,19,32,34,36-52H2,1-3H3/b11-8-,12-9-,17-14-,18-15-,23-20-,24-21-,25-22-,27-26-,29-28-,33-30-,35-31-. The number of allylic oxidation sites excluding steroid dienone is 22. The maximum atomic E-state index is 12.7. The van der Waals surface area contributed by atoms with E-state index < -0.39 is 6.10 Å². The van der Waals surface area contributed by atoms with Crippen molar-refractivity contribution in [1.29, 1.82) is 0 Å². The summed E-state index contributed by atoms with van der Waals surface area (Å²) in [6.07, 6.45) is 68.6. The minimum atomic E-state index is -0.827. The summed E-state index contributed by atoms with van der Waals surface area (Å²) in [7, 11) is 0. The molecule has 0 spiro atoms. The molecule has 0 aliphatic rings. The van der Waals surface area contributed by atoms with Gasteiger partial charge in [-0.2, -0.15) is 0 Å². The molecule has 346 valence electrons. The number of carbonyl (C=O) groups excluding carboxylic acids is 3. The monoisotopic (exact) mass is 855 g/mol. The Morgan fingerprint density at radius 2 is 0.629 bits per heavy atom. The zero-order valence-corrected chi connectivity index (χ0v) is 39.3. The van der Waals surface area contributed by atoms with Crippen molar-refractivity contribution >= 4 is 17.9 Å². The summed E-state index contributed by atoms with van der Waals surface area (Å²) in [6, 6.07) is 0. The lowest BCUT2D eigenvalue weighted by molar-refractivity contribution is -0.167. The van der Waals surface area contributed by atoms with Crippen LogP contribution >= 0.6 is 0 Å². The molecule has 0 N–H and O–H groups in total. The van der Waals surface area contributed by atoms with E-state index in [-0.39, 0.29) is 37.5 Å². The maximum Gasteiger partial charge on any atom is 0.306 e. The topological polar surface area (TPSA) is 78.9 Å². The van der Waals surface area contributed by atoms with Gasteiger partial charge in [0.15, 0.2) is 6.10 Å². The van der Waals surface area contributed by atoms with E-state index in [9.17, 15) is 14.4 Å². The van der Waals surface area contributed by atoms with Gasteiger partial charge in [-0.1, -0.05) is 212 Å². The molecule has 6 heteroatoms. The third-order valence-electron chi connectivity index (χ3n) is 9.62. The Labute approximate surface area is 379 Å². The van der Waals surface area contributed by atoms with Crippen LogP contribution in [0.25, 0.3) is 0 Å². The first-order valence-electron chi connectivity index (χ1n) is 24.3. The van der Waals surface area contributed by atoms with Gasteiger partial charge in [0, 0.05) is 19.3 Å². The summed E-state index contributed by atoms with van der Waals surface area (Å²) >= 11 is 0. The highest BCUT2D eigenvalue weighted by Crippen LogP contribution is 2.12. The number of hydrogen-bond acceptors (Lipinski definition) is 6. The highest BCUT2D eigenvalue weighted by atomic mass is 16.6. The van der Waals surface area contributed by atoms with E-state index in [1.165, 1.54) is 32.1 Å². The fourth-order valence-corrected chi connectivity index (χ4v) is 5.99. The third kappa shape index (κ3) is 46.6. The summed E-state index contributed by atoms with van der Waals surface area (Å²) < 4.78 is 16.7. The van der Waals surface area contributed by atoms with Gasteiger partial charge in [-0.05, 0) is 83.5 Å². The average Bonchev–Trinajstić information content (AvgIpc) is 3.27. The minimum Gasteiger partial charge on any atom is -0.462 e. The average molecular weight is 855 g/mol. The van der Waals surface area contributed by atoms with Gasteiger partial charge in [0.1, 0.15) is 13.2 Å². The Bertz CT molecular complexity index is 1400. The second kappa shape index (κ2) is 49.2. The second-order valence-corrected chi connectivity index (χ2v) is 15.5. The first-order valence-corrected chi connectivity index (χ1v) is 24.3. The maximum absolute atomic E-state index is 12.7. The van der Waals surface area contributed by atoms with Crippen molar-refractivity contribution in [2.24, 2.45) is 0 Å². The van der Waals surface area contributed by atoms with E-state index in [2.05, 4.69) is 81.5 Å².